The molecule has 1 N–H and O–H groups in total. The highest BCUT2D eigenvalue weighted by molar-refractivity contribution is 7.99. The molecule has 2 nitrogen and oxygen atoms in total. The van der Waals surface area contributed by atoms with Crippen molar-refractivity contribution < 1.29 is 18.0 Å². The number of amides is 1. The van der Waals surface area contributed by atoms with Gasteiger partial charge in [0.05, 0.1) is 10.8 Å². The summed E-state index contributed by atoms with van der Waals surface area (Å²) in [4.78, 5) is 12.0. The van der Waals surface area contributed by atoms with Crippen molar-refractivity contribution in [2.24, 2.45) is 0 Å². The minimum atomic E-state index is -4.35. The van der Waals surface area contributed by atoms with E-state index in [4.69, 9.17) is 0 Å². The largest absolute Gasteiger partial charge is 0.416 e. The van der Waals surface area contributed by atoms with Crippen LogP contribution in [0, 0.1) is 0 Å². The van der Waals surface area contributed by atoms with E-state index in [1.54, 1.807) is 13.0 Å². The third-order valence-electron chi connectivity index (χ3n) is 3.88. The van der Waals surface area contributed by atoms with Gasteiger partial charge in [-0.25, -0.2) is 0 Å². The molecule has 0 spiro atoms. The van der Waals surface area contributed by atoms with Gasteiger partial charge in [-0.15, -0.1) is 11.8 Å². The molecule has 0 saturated heterocycles. The van der Waals surface area contributed by atoms with E-state index < -0.39 is 11.7 Å². The molecule has 2 rings (SSSR count). The normalized spacial score (nSPS) is 17.5. The zero-order valence-corrected chi connectivity index (χ0v) is 13.3. The topological polar surface area (TPSA) is 29.1 Å². The molecular weight excluding hydrogens is 311 g/mol. The molecule has 22 heavy (non-hydrogen) atoms. The number of hydrogen-bond donors (Lipinski definition) is 1. The summed E-state index contributed by atoms with van der Waals surface area (Å²) in [6.07, 6.45) is -0.0938. The van der Waals surface area contributed by atoms with Gasteiger partial charge in [-0.3, -0.25) is 4.79 Å². The monoisotopic (exact) mass is 331 g/mol. The molecule has 0 heterocycles. The van der Waals surface area contributed by atoms with Gasteiger partial charge >= 0.3 is 6.18 Å². The standard InChI is InChI=1S/C16H20F3NOS/c1-11(15(21)20-13-7-3-4-8-13)22-10-12-6-2-5-9-14(12)16(17,18)19/h2,5-6,9,11,13H,3-4,7-8,10H2,1H3,(H,20,21). The fourth-order valence-electron chi connectivity index (χ4n) is 2.60. The van der Waals surface area contributed by atoms with Crippen LogP contribution in [0.2, 0.25) is 0 Å². The summed E-state index contributed by atoms with van der Waals surface area (Å²) in [5.74, 6) is 0.0935. The Balaban J connectivity index is 1.90. The van der Waals surface area contributed by atoms with E-state index in [0.29, 0.717) is 0 Å². The molecule has 0 aromatic heterocycles. The lowest BCUT2D eigenvalue weighted by atomic mass is 10.1. The molecule has 1 amide bonds. The second kappa shape index (κ2) is 7.40. The lowest BCUT2D eigenvalue weighted by Gasteiger charge is -2.17. The first-order chi connectivity index (χ1) is 10.4. The molecule has 6 heteroatoms. The van der Waals surface area contributed by atoms with E-state index in [1.807, 2.05) is 0 Å². The van der Waals surface area contributed by atoms with Gasteiger partial charge in [0.15, 0.2) is 0 Å². The van der Waals surface area contributed by atoms with E-state index in [-0.39, 0.29) is 28.5 Å². The Morgan fingerprint density at radius 1 is 1.32 bits per heavy atom. The van der Waals surface area contributed by atoms with Gasteiger partial charge in [-0.05, 0) is 31.4 Å². The Labute approximate surface area is 132 Å². The molecule has 0 aliphatic heterocycles. The zero-order valence-electron chi connectivity index (χ0n) is 12.5. The Kier molecular flexibility index (Phi) is 5.78. The van der Waals surface area contributed by atoms with Crippen LogP contribution in [0.3, 0.4) is 0 Å². The maximum Gasteiger partial charge on any atom is 0.416 e. The number of carbonyl (C=O) groups excluding carboxylic acids is 1. The lowest BCUT2D eigenvalue weighted by Crippen LogP contribution is -2.37. The molecular formula is C16H20F3NOS. The van der Waals surface area contributed by atoms with Gasteiger partial charge in [0.2, 0.25) is 5.91 Å². The number of halogens is 3. The zero-order chi connectivity index (χ0) is 16.2. The molecule has 1 aromatic rings. The summed E-state index contributed by atoms with van der Waals surface area (Å²) in [7, 11) is 0. The third-order valence-corrected chi connectivity index (χ3v) is 5.07. The van der Waals surface area contributed by atoms with Crippen LogP contribution < -0.4 is 5.32 Å². The number of rotatable bonds is 5. The number of thioether (sulfide) groups is 1. The number of benzene rings is 1. The summed E-state index contributed by atoms with van der Waals surface area (Å²) in [6, 6.07) is 5.76. The van der Waals surface area contributed by atoms with Gasteiger partial charge in [0, 0.05) is 11.8 Å². The Morgan fingerprint density at radius 2 is 1.95 bits per heavy atom. The van der Waals surface area contributed by atoms with Gasteiger partial charge in [0.25, 0.3) is 0 Å². The molecule has 1 aliphatic carbocycles. The van der Waals surface area contributed by atoms with Gasteiger partial charge in [0.1, 0.15) is 0 Å². The van der Waals surface area contributed by atoms with Gasteiger partial charge in [-0.1, -0.05) is 31.0 Å². The highest BCUT2D eigenvalue weighted by Crippen LogP contribution is 2.34. The maximum atomic E-state index is 12.9. The van der Waals surface area contributed by atoms with Crippen molar-refractivity contribution in [3.63, 3.8) is 0 Å². The maximum absolute atomic E-state index is 12.9. The average Bonchev–Trinajstić information content (AvgIpc) is 2.97. The predicted molar refractivity (Wildman–Crippen MR) is 82.6 cm³/mol. The molecule has 1 saturated carbocycles. The fraction of sp³-hybridized carbons (Fsp3) is 0.562. The molecule has 1 fully saturated rings. The smallest absolute Gasteiger partial charge is 0.352 e. The summed E-state index contributed by atoms with van der Waals surface area (Å²) in [6.45, 7) is 1.74. The Hall–Kier alpha value is -1.17. The molecule has 1 unspecified atom stereocenters. The first-order valence-corrected chi connectivity index (χ1v) is 8.50. The highest BCUT2D eigenvalue weighted by Gasteiger charge is 2.33. The van der Waals surface area contributed by atoms with Crippen molar-refractivity contribution in [1.29, 1.82) is 0 Å². The molecule has 1 aliphatic rings. The van der Waals surface area contributed by atoms with E-state index in [0.717, 1.165) is 31.7 Å². The van der Waals surface area contributed by atoms with Crippen LogP contribution in [0.5, 0.6) is 0 Å². The van der Waals surface area contributed by atoms with Crippen LogP contribution in [-0.4, -0.2) is 17.2 Å². The van der Waals surface area contributed by atoms with E-state index in [9.17, 15) is 18.0 Å². The van der Waals surface area contributed by atoms with Crippen LogP contribution in [0.15, 0.2) is 24.3 Å². The van der Waals surface area contributed by atoms with Crippen molar-refractivity contribution in [3.8, 4) is 0 Å². The first kappa shape index (κ1) is 17.2. The van der Waals surface area contributed by atoms with Crippen molar-refractivity contribution >= 4 is 17.7 Å². The summed E-state index contributed by atoms with van der Waals surface area (Å²) < 4.78 is 38.7. The predicted octanol–water partition coefficient (Wildman–Crippen LogP) is 4.39. The SMILES string of the molecule is CC(SCc1ccccc1C(F)(F)F)C(=O)NC1CCCC1. The van der Waals surface area contributed by atoms with Crippen LogP contribution in [0.1, 0.15) is 43.7 Å². The van der Waals surface area contributed by atoms with Crippen molar-refractivity contribution in [2.75, 3.05) is 0 Å². The van der Waals surface area contributed by atoms with Crippen molar-refractivity contribution in [2.45, 2.75) is 55.8 Å². The Morgan fingerprint density at radius 3 is 2.59 bits per heavy atom. The van der Waals surface area contributed by atoms with E-state index in [1.165, 1.54) is 23.9 Å². The third kappa shape index (κ3) is 4.66. The van der Waals surface area contributed by atoms with Crippen molar-refractivity contribution in [1.82, 2.24) is 5.32 Å². The molecule has 0 radical (unpaired) electrons. The second-order valence-electron chi connectivity index (χ2n) is 5.60. The van der Waals surface area contributed by atoms with Crippen molar-refractivity contribution in [3.05, 3.63) is 35.4 Å². The summed E-state index contributed by atoms with van der Waals surface area (Å²) in [5.41, 5.74) is -0.397. The van der Waals surface area contributed by atoms with E-state index in [2.05, 4.69) is 5.32 Å². The molecule has 122 valence electrons. The second-order valence-corrected chi connectivity index (χ2v) is 6.93. The van der Waals surface area contributed by atoms with Gasteiger partial charge in [-0.2, -0.15) is 13.2 Å². The number of carbonyl (C=O) groups is 1. The first-order valence-electron chi connectivity index (χ1n) is 7.45. The minimum absolute atomic E-state index is 0.0820. The van der Waals surface area contributed by atoms with E-state index >= 15 is 0 Å². The molecule has 1 atom stereocenters. The average molecular weight is 331 g/mol. The van der Waals surface area contributed by atoms with Crippen LogP contribution in [-0.2, 0) is 16.7 Å². The summed E-state index contributed by atoms with van der Waals surface area (Å²) in [5, 5.41) is 2.62. The van der Waals surface area contributed by atoms with Gasteiger partial charge < -0.3 is 5.32 Å². The quantitative estimate of drug-likeness (QED) is 0.867. The lowest BCUT2D eigenvalue weighted by molar-refractivity contribution is -0.138. The molecule has 0 bridgehead atoms. The summed E-state index contributed by atoms with van der Waals surface area (Å²) >= 11 is 1.24. The van der Waals surface area contributed by atoms with Crippen LogP contribution >= 0.6 is 11.8 Å². The number of hydrogen-bond acceptors (Lipinski definition) is 2. The van der Waals surface area contributed by atoms with Crippen LogP contribution in [0.25, 0.3) is 0 Å². The number of alkyl halides is 3. The minimum Gasteiger partial charge on any atom is -0.352 e. The highest BCUT2D eigenvalue weighted by atomic mass is 32.2. The number of nitrogens with one attached hydrogen (secondary N) is 1. The fourth-order valence-corrected chi connectivity index (χ4v) is 3.50. The van der Waals surface area contributed by atoms with Crippen LogP contribution in [0.4, 0.5) is 13.2 Å². The Bertz CT molecular complexity index is 512. The molecule has 1 aromatic carbocycles.